The smallest absolute Gasteiger partial charge is 0.212 e. The van der Waals surface area contributed by atoms with Crippen LogP contribution < -0.4 is 0 Å². The SMILES string of the molecule is CCn1ncc(Br)c1C(=O)c1cccc(C)c1C. The number of rotatable bonds is 3. The van der Waals surface area contributed by atoms with E-state index >= 15 is 0 Å². The van der Waals surface area contributed by atoms with Crippen LogP contribution in [0.4, 0.5) is 0 Å². The molecule has 0 amide bonds. The van der Waals surface area contributed by atoms with E-state index < -0.39 is 0 Å². The number of carbonyl (C=O) groups is 1. The summed E-state index contributed by atoms with van der Waals surface area (Å²) in [6, 6.07) is 5.79. The van der Waals surface area contributed by atoms with E-state index in [0.717, 1.165) is 21.2 Å². The van der Waals surface area contributed by atoms with Crippen LogP contribution >= 0.6 is 15.9 Å². The maximum atomic E-state index is 12.6. The van der Waals surface area contributed by atoms with Crippen molar-refractivity contribution in [1.29, 1.82) is 0 Å². The molecule has 2 rings (SSSR count). The van der Waals surface area contributed by atoms with Crippen molar-refractivity contribution < 1.29 is 4.79 Å². The molecular weight excluding hydrogens is 292 g/mol. The van der Waals surface area contributed by atoms with Crippen LogP contribution in [-0.4, -0.2) is 15.6 Å². The highest BCUT2D eigenvalue weighted by Gasteiger charge is 2.20. The number of carbonyl (C=O) groups excluding carboxylic acids is 1. The van der Waals surface area contributed by atoms with E-state index in [1.807, 2.05) is 39.0 Å². The lowest BCUT2D eigenvalue weighted by Crippen LogP contribution is -2.12. The fourth-order valence-electron chi connectivity index (χ4n) is 1.95. The van der Waals surface area contributed by atoms with Crippen molar-refractivity contribution >= 4 is 21.7 Å². The molecule has 0 N–H and O–H groups in total. The van der Waals surface area contributed by atoms with Gasteiger partial charge in [0.2, 0.25) is 5.78 Å². The summed E-state index contributed by atoms with van der Waals surface area (Å²) < 4.78 is 2.46. The minimum Gasteiger partial charge on any atom is -0.287 e. The lowest BCUT2D eigenvalue weighted by Gasteiger charge is -2.09. The topological polar surface area (TPSA) is 34.9 Å². The molecule has 0 aliphatic rings. The van der Waals surface area contributed by atoms with Gasteiger partial charge < -0.3 is 0 Å². The Morgan fingerprint density at radius 3 is 2.78 bits per heavy atom. The standard InChI is InChI=1S/C14H15BrN2O/c1-4-17-13(12(15)8-16-17)14(18)11-7-5-6-9(2)10(11)3/h5-8H,4H2,1-3H3. The molecule has 0 aliphatic heterocycles. The van der Waals surface area contributed by atoms with Gasteiger partial charge in [0.15, 0.2) is 0 Å². The predicted molar refractivity (Wildman–Crippen MR) is 74.9 cm³/mol. The highest BCUT2D eigenvalue weighted by molar-refractivity contribution is 9.10. The van der Waals surface area contributed by atoms with Gasteiger partial charge in [0.05, 0.1) is 10.7 Å². The second kappa shape index (κ2) is 5.06. The second-order valence-corrected chi connectivity index (χ2v) is 5.09. The number of hydrogen-bond acceptors (Lipinski definition) is 2. The van der Waals surface area contributed by atoms with Gasteiger partial charge in [-0.25, -0.2) is 0 Å². The Morgan fingerprint density at radius 1 is 1.39 bits per heavy atom. The highest BCUT2D eigenvalue weighted by Crippen LogP contribution is 2.22. The Labute approximate surface area is 115 Å². The zero-order chi connectivity index (χ0) is 13.3. The summed E-state index contributed by atoms with van der Waals surface area (Å²) in [4.78, 5) is 12.6. The summed E-state index contributed by atoms with van der Waals surface area (Å²) in [7, 11) is 0. The van der Waals surface area contributed by atoms with E-state index in [0.29, 0.717) is 12.2 Å². The van der Waals surface area contributed by atoms with Crippen LogP contribution in [0, 0.1) is 13.8 Å². The molecule has 0 unspecified atom stereocenters. The van der Waals surface area contributed by atoms with Gasteiger partial charge in [-0.05, 0) is 47.8 Å². The van der Waals surface area contributed by atoms with Crippen molar-refractivity contribution in [3.8, 4) is 0 Å². The average Bonchev–Trinajstić information content (AvgIpc) is 2.73. The zero-order valence-electron chi connectivity index (χ0n) is 10.7. The van der Waals surface area contributed by atoms with E-state index in [9.17, 15) is 4.79 Å². The fourth-order valence-corrected chi connectivity index (χ4v) is 2.43. The number of benzene rings is 1. The lowest BCUT2D eigenvalue weighted by atomic mass is 9.99. The minimum absolute atomic E-state index is 0.0161. The van der Waals surface area contributed by atoms with E-state index in [4.69, 9.17) is 0 Å². The van der Waals surface area contributed by atoms with Crippen molar-refractivity contribution in [2.45, 2.75) is 27.3 Å². The summed E-state index contributed by atoms with van der Waals surface area (Å²) in [5.41, 5.74) is 3.51. The number of nitrogens with zero attached hydrogens (tertiary/aromatic N) is 2. The van der Waals surface area contributed by atoms with E-state index in [1.165, 1.54) is 0 Å². The van der Waals surface area contributed by atoms with Gasteiger partial charge in [-0.15, -0.1) is 0 Å². The molecule has 0 radical (unpaired) electrons. The van der Waals surface area contributed by atoms with Crippen LogP contribution in [0.1, 0.15) is 34.1 Å². The summed E-state index contributed by atoms with van der Waals surface area (Å²) in [5, 5.41) is 4.18. The van der Waals surface area contributed by atoms with Crippen LogP contribution in [0.3, 0.4) is 0 Å². The zero-order valence-corrected chi connectivity index (χ0v) is 12.3. The van der Waals surface area contributed by atoms with E-state index in [-0.39, 0.29) is 5.78 Å². The van der Waals surface area contributed by atoms with Crippen LogP contribution in [-0.2, 0) is 6.54 Å². The summed E-state index contributed by atoms with van der Waals surface area (Å²) in [6.07, 6.45) is 1.67. The van der Waals surface area contributed by atoms with Gasteiger partial charge >= 0.3 is 0 Å². The van der Waals surface area contributed by atoms with Gasteiger partial charge in [0.25, 0.3) is 0 Å². The predicted octanol–water partition coefficient (Wildman–Crippen LogP) is 3.51. The van der Waals surface area contributed by atoms with Crippen LogP contribution in [0.2, 0.25) is 0 Å². The maximum Gasteiger partial charge on any atom is 0.212 e. The molecule has 0 bridgehead atoms. The highest BCUT2D eigenvalue weighted by atomic mass is 79.9. The largest absolute Gasteiger partial charge is 0.287 e. The van der Waals surface area contributed by atoms with E-state index in [2.05, 4.69) is 21.0 Å². The third-order valence-corrected chi connectivity index (χ3v) is 3.74. The molecule has 0 atom stereocenters. The van der Waals surface area contributed by atoms with Crippen molar-refractivity contribution in [1.82, 2.24) is 9.78 Å². The molecule has 3 nitrogen and oxygen atoms in total. The van der Waals surface area contributed by atoms with Gasteiger partial charge in [-0.2, -0.15) is 5.10 Å². The number of aryl methyl sites for hydroxylation is 2. The fraction of sp³-hybridized carbons (Fsp3) is 0.286. The molecule has 4 heteroatoms. The van der Waals surface area contributed by atoms with Crippen LogP contribution in [0.15, 0.2) is 28.9 Å². The Hall–Kier alpha value is -1.42. The quantitative estimate of drug-likeness (QED) is 0.813. The summed E-state index contributed by atoms with van der Waals surface area (Å²) in [6.45, 7) is 6.64. The minimum atomic E-state index is 0.0161. The molecule has 1 heterocycles. The normalized spacial score (nSPS) is 10.7. The van der Waals surface area contributed by atoms with Crippen molar-refractivity contribution in [3.05, 3.63) is 51.3 Å². The molecule has 2 aromatic rings. The molecule has 1 aromatic carbocycles. The second-order valence-electron chi connectivity index (χ2n) is 4.23. The Balaban J connectivity index is 2.55. The molecule has 0 spiro atoms. The third kappa shape index (κ3) is 2.12. The van der Waals surface area contributed by atoms with Crippen LogP contribution in [0.5, 0.6) is 0 Å². The first-order valence-electron chi connectivity index (χ1n) is 5.88. The molecule has 18 heavy (non-hydrogen) atoms. The summed E-state index contributed by atoms with van der Waals surface area (Å²) in [5.74, 6) is 0.0161. The van der Waals surface area contributed by atoms with Crippen molar-refractivity contribution in [2.75, 3.05) is 0 Å². The third-order valence-electron chi connectivity index (χ3n) is 3.16. The first kappa shape index (κ1) is 13.0. The van der Waals surface area contributed by atoms with E-state index in [1.54, 1.807) is 10.9 Å². The molecule has 0 aliphatic carbocycles. The van der Waals surface area contributed by atoms with Gasteiger partial charge in [-0.1, -0.05) is 18.2 Å². The van der Waals surface area contributed by atoms with Gasteiger partial charge in [0, 0.05) is 12.1 Å². The lowest BCUT2D eigenvalue weighted by molar-refractivity contribution is 0.102. The number of ketones is 1. The first-order chi connectivity index (χ1) is 8.56. The number of hydrogen-bond donors (Lipinski definition) is 0. The molecule has 94 valence electrons. The molecule has 0 saturated heterocycles. The summed E-state index contributed by atoms with van der Waals surface area (Å²) >= 11 is 3.39. The molecule has 1 aromatic heterocycles. The Bertz CT molecular complexity index is 602. The maximum absolute atomic E-state index is 12.6. The molecule has 0 fully saturated rings. The number of halogens is 1. The monoisotopic (exact) mass is 306 g/mol. The van der Waals surface area contributed by atoms with Crippen molar-refractivity contribution in [3.63, 3.8) is 0 Å². The average molecular weight is 307 g/mol. The van der Waals surface area contributed by atoms with Crippen molar-refractivity contribution in [2.24, 2.45) is 0 Å². The molecule has 0 saturated carbocycles. The van der Waals surface area contributed by atoms with Crippen LogP contribution in [0.25, 0.3) is 0 Å². The number of aromatic nitrogens is 2. The van der Waals surface area contributed by atoms with Gasteiger partial charge in [0.1, 0.15) is 5.69 Å². The Kier molecular flexibility index (Phi) is 3.66. The Morgan fingerprint density at radius 2 is 2.11 bits per heavy atom. The van der Waals surface area contributed by atoms with Gasteiger partial charge in [-0.3, -0.25) is 9.48 Å². The first-order valence-corrected chi connectivity index (χ1v) is 6.67. The molecular formula is C14H15BrN2O.